The quantitative estimate of drug-likeness (QED) is 0.668. The van der Waals surface area contributed by atoms with Crippen molar-refractivity contribution >= 4 is 27.8 Å². The summed E-state index contributed by atoms with van der Waals surface area (Å²) in [6.07, 6.45) is 2.27. The molecule has 0 spiro atoms. The Kier molecular flexibility index (Phi) is 5.36. The number of aromatic nitrogens is 1. The lowest BCUT2D eigenvalue weighted by molar-refractivity contribution is 0.0922. The van der Waals surface area contributed by atoms with Crippen molar-refractivity contribution < 1.29 is 9.21 Å². The Bertz CT molecular complexity index is 984. The highest BCUT2D eigenvalue weighted by molar-refractivity contribution is 6.06. The smallest absolute Gasteiger partial charge is 0.287 e. The minimum atomic E-state index is -0.153. The minimum Gasteiger partial charge on any atom is -0.450 e. The highest BCUT2D eigenvalue weighted by atomic mass is 16.3. The fourth-order valence-corrected chi connectivity index (χ4v) is 4.54. The van der Waals surface area contributed by atoms with Gasteiger partial charge in [-0.1, -0.05) is 26.0 Å². The first-order valence-electron chi connectivity index (χ1n) is 10.3. The van der Waals surface area contributed by atoms with E-state index in [2.05, 4.69) is 29.0 Å². The first kappa shape index (κ1) is 18.9. The monoisotopic (exact) mass is 379 g/mol. The molecule has 2 atom stereocenters. The number of rotatable bonds is 5. The van der Waals surface area contributed by atoms with E-state index in [1.165, 1.54) is 19.5 Å². The summed E-state index contributed by atoms with van der Waals surface area (Å²) in [5.74, 6) is 1.73. The molecule has 1 fully saturated rings. The zero-order chi connectivity index (χ0) is 19.7. The molecular weight excluding hydrogens is 350 g/mol. The van der Waals surface area contributed by atoms with Gasteiger partial charge in [0.15, 0.2) is 5.76 Å². The van der Waals surface area contributed by atoms with Gasteiger partial charge in [0.05, 0.1) is 5.52 Å². The molecule has 0 saturated carbocycles. The SMILES string of the molecule is Cc1nc2ccccc2c2oc(C(=O)NCCCN3C[C@H](C)C[C@@H](C)C3)cc12. The lowest BCUT2D eigenvalue weighted by atomic mass is 9.92. The molecule has 1 aliphatic rings. The van der Waals surface area contributed by atoms with Crippen LogP contribution >= 0.6 is 0 Å². The number of para-hydroxylation sites is 1. The van der Waals surface area contributed by atoms with E-state index in [4.69, 9.17) is 4.42 Å². The summed E-state index contributed by atoms with van der Waals surface area (Å²) in [6.45, 7) is 10.6. The van der Waals surface area contributed by atoms with E-state index in [-0.39, 0.29) is 5.91 Å². The number of benzene rings is 1. The molecule has 148 valence electrons. The highest BCUT2D eigenvalue weighted by Crippen LogP contribution is 2.29. The second-order valence-electron chi connectivity index (χ2n) is 8.38. The van der Waals surface area contributed by atoms with Crippen LogP contribution in [-0.2, 0) is 0 Å². The second-order valence-corrected chi connectivity index (χ2v) is 8.38. The normalized spacial score (nSPS) is 20.7. The van der Waals surface area contributed by atoms with Crippen molar-refractivity contribution in [3.63, 3.8) is 0 Å². The number of piperidine rings is 1. The van der Waals surface area contributed by atoms with Gasteiger partial charge in [0.1, 0.15) is 5.58 Å². The maximum atomic E-state index is 12.6. The molecule has 3 heterocycles. The summed E-state index contributed by atoms with van der Waals surface area (Å²) in [6, 6.07) is 9.68. The number of fused-ring (bicyclic) bond motifs is 3. The predicted molar refractivity (Wildman–Crippen MR) is 113 cm³/mol. The van der Waals surface area contributed by atoms with E-state index < -0.39 is 0 Å². The van der Waals surface area contributed by atoms with E-state index in [1.54, 1.807) is 0 Å². The summed E-state index contributed by atoms with van der Waals surface area (Å²) in [5.41, 5.74) is 2.51. The van der Waals surface area contributed by atoms with Crippen LogP contribution in [0.5, 0.6) is 0 Å². The minimum absolute atomic E-state index is 0.153. The molecular formula is C23H29N3O2. The lowest BCUT2D eigenvalue weighted by Gasteiger charge is -2.34. The van der Waals surface area contributed by atoms with Crippen LogP contribution in [0.1, 0.15) is 42.9 Å². The Morgan fingerprint density at radius 2 is 1.96 bits per heavy atom. The standard InChI is InChI=1S/C23H29N3O2/c1-15-11-16(2)14-26(13-15)10-6-9-24-23(27)21-12-19-17(3)25-20-8-5-4-7-18(20)22(19)28-21/h4-5,7-8,12,15-16H,6,9-11,13-14H2,1-3H3,(H,24,27)/t15-,16-/m1/s1. The van der Waals surface area contributed by atoms with Crippen LogP contribution < -0.4 is 5.32 Å². The fraction of sp³-hybridized carbons (Fsp3) is 0.478. The number of carbonyl (C=O) groups is 1. The number of hydrogen-bond donors (Lipinski definition) is 1. The number of carbonyl (C=O) groups excluding carboxylic acids is 1. The number of amides is 1. The topological polar surface area (TPSA) is 58.4 Å². The second kappa shape index (κ2) is 7.92. The Morgan fingerprint density at radius 3 is 2.75 bits per heavy atom. The largest absolute Gasteiger partial charge is 0.450 e. The third-order valence-corrected chi connectivity index (χ3v) is 5.66. The van der Waals surface area contributed by atoms with E-state index in [1.807, 2.05) is 37.3 Å². The van der Waals surface area contributed by atoms with Gasteiger partial charge in [-0.15, -0.1) is 0 Å². The van der Waals surface area contributed by atoms with Crippen LogP contribution in [0.4, 0.5) is 0 Å². The van der Waals surface area contributed by atoms with Gasteiger partial charge in [0.25, 0.3) is 5.91 Å². The summed E-state index contributed by atoms with van der Waals surface area (Å²) in [4.78, 5) is 19.7. The Morgan fingerprint density at radius 1 is 1.21 bits per heavy atom. The molecule has 0 bridgehead atoms. The highest BCUT2D eigenvalue weighted by Gasteiger charge is 2.21. The molecule has 1 aromatic carbocycles. The van der Waals surface area contributed by atoms with Gasteiger partial charge in [0.2, 0.25) is 0 Å². The van der Waals surface area contributed by atoms with E-state index in [0.717, 1.165) is 52.4 Å². The van der Waals surface area contributed by atoms with Crippen LogP contribution in [0, 0.1) is 18.8 Å². The van der Waals surface area contributed by atoms with Gasteiger partial charge in [0, 0.05) is 36.1 Å². The van der Waals surface area contributed by atoms with Crippen molar-refractivity contribution in [1.29, 1.82) is 0 Å². The van der Waals surface area contributed by atoms with Crippen LogP contribution in [0.3, 0.4) is 0 Å². The number of nitrogens with zero attached hydrogens (tertiary/aromatic N) is 2. The lowest BCUT2D eigenvalue weighted by Crippen LogP contribution is -2.40. The number of aryl methyl sites for hydroxylation is 1. The fourth-order valence-electron chi connectivity index (χ4n) is 4.54. The van der Waals surface area contributed by atoms with Crippen molar-refractivity contribution in [3.05, 3.63) is 41.8 Å². The maximum Gasteiger partial charge on any atom is 0.287 e. The van der Waals surface area contributed by atoms with Crippen molar-refractivity contribution in [2.75, 3.05) is 26.2 Å². The van der Waals surface area contributed by atoms with Gasteiger partial charge in [-0.05, 0) is 56.3 Å². The molecule has 3 aromatic rings. The average molecular weight is 380 g/mol. The Hall–Kier alpha value is -2.40. The van der Waals surface area contributed by atoms with Gasteiger partial charge >= 0.3 is 0 Å². The number of furan rings is 1. The first-order chi connectivity index (χ1) is 13.5. The van der Waals surface area contributed by atoms with Crippen molar-refractivity contribution in [1.82, 2.24) is 15.2 Å². The number of likely N-dealkylation sites (tertiary alicyclic amines) is 1. The molecule has 1 amide bonds. The summed E-state index contributed by atoms with van der Waals surface area (Å²) in [5, 5.41) is 4.85. The molecule has 1 aliphatic heterocycles. The van der Waals surface area contributed by atoms with E-state index >= 15 is 0 Å². The first-order valence-corrected chi connectivity index (χ1v) is 10.3. The zero-order valence-electron chi connectivity index (χ0n) is 17.0. The summed E-state index contributed by atoms with van der Waals surface area (Å²) < 4.78 is 5.94. The van der Waals surface area contributed by atoms with Crippen LogP contribution in [0.2, 0.25) is 0 Å². The van der Waals surface area contributed by atoms with Gasteiger partial charge in [-0.2, -0.15) is 0 Å². The van der Waals surface area contributed by atoms with Gasteiger partial charge < -0.3 is 14.6 Å². The average Bonchev–Trinajstić information content (AvgIpc) is 3.11. The molecule has 2 aromatic heterocycles. The van der Waals surface area contributed by atoms with Crippen LogP contribution in [-0.4, -0.2) is 42.0 Å². The zero-order valence-corrected chi connectivity index (χ0v) is 17.0. The van der Waals surface area contributed by atoms with E-state index in [9.17, 15) is 4.79 Å². The number of pyridine rings is 1. The molecule has 1 saturated heterocycles. The number of nitrogens with one attached hydrogen (secondary N) is 1. The van der Waals surface area contributed by atoms with Crippen molar-refractivity contribution in [3.8, 4) is 0 Å². The van der Waals surface area contributed by atoms with Crippen LogP contribution in [0.25, 0.3) is 21.9 Å². The number of hydrogen-bond acceptors (Lipinski definition) is 4. The summed E-state index contributed by atoms with van der Waals surface area (Å²) >= 11 is 0. The Balaban J connectivity index is 1.39. The molecule has 5 nitrogen and oxygen atoms in total. The maximum absolute atomic E-state index is 12.6. The van der Waals surface area contributed by atoms with Crippen LogP contribution in [0.15, 0.2) is 34.7 Å². The van der Waals surface area contributed by atoms with Crippen molar-refractivity contribution in [2.24, 2.45) is 11.8 Å². The third-order valence-electron chi connectivity index (χ3n) is 5.66. The summed E-state index contributed by atoms with van der Waals surface area (Å²) in [7, 11) is 0. The predicted octanol–water partition coefficient (Wildman–Crippen LogP) is 4.39. The molecule has 5 heteroatoms. The molecule has 0 unspecified atom stereocenters. The molecule has 28 heavy (non-hydrogen) atoms. The molecule has 0 aliphatic carbocycles. The van der Waals surface area contributed by atoms with Gasteiger partial charge in [-0.3, -0.25) is 9.78 Å². The third kappa shape index (κ3) is 3.90. The Labute approximate surface area is 166 Å². The van der Waals surface area contributed by atoms with Gasteiger partial charge in [-0.25, -0.2) is 0 Å². The molecule has 4 rings (SSSR count). The molecule has 1 N–H and O–H groups in total. The van der Waals surface area contributed by atoms with E-state index in [0.29, 0.717) is 12.3 Å². The van der Waals surface area contributed by atoms with Crippen molar-refractivity contribution in [2.45, 2.75) is 33.6 Å². The molecule has 0 radical (unpaired) electrons.